The second-order valence-electron chi connectivity index (χ2n) is 9.17. The topological polar surface area (TPSA) is 58.1 Å². The summed E-state index contributed by atoms with van der Waals surface area (Å²) in [6, 6.07) is 10.6. The van der Waals surface area contributed by atoms with E-state index in [4.69, 9.17) is 4.43 Å². The van der Waals surface area contributed by atoms with Gasteiger partial charge in [0.15, 0.2) is 0 Å². The zero-order chi connectivity index (χ0) is 20.7. The highest BCUT2D eigenvalue weighted by Gasteiger charge is 2.40. The van der Waals surface area contributed by atoms with Crippen molar-refractivity contribution in [2.24, 2.45) is 5.92 Å². The number of nitrogens with zero attached hydrogens (tertiary/aromatic N) is 1. The molecule has 2 aromatic carbocycles. The molecule has 0 bridgehead atoms. The minimum absolute atomic E-state index is 0.0710. The molecule has 150 valence electrons. The second kappa shape index (κ2) is 7.37. The number of fused-ring (bicyclic) bond motifs is 1. The first kappa shape index (κ1) is 20.6. The SMILES string of the molecule is CC(C)C(O)(c1c[nH]cn1)c1ccc2cc(C(C)(C)C)ccc2c1O[SiH](C)C. The predicted octanol–water partition coefficient (Wildman–Crippen LogP) is 5.11. The Bertz CT molecular complexity index is 959. The fourth-order valence-electron chi connectivity index (χ4n) is 3.64. The summed E-state index contributed by atoms with van der Waals surface area (Å²) < 4.78 is 6.42. The highest BCUT2D eigenvalue weighted by atomic mass is 28.3. The summed E-state index contributed by atoms with van der Waals surface area (Å²) in [5, 5.41) is 14.0. The number of nitrogens with one attached hydrogen (secondary N) is 1. The maximum absolute atomic E-state index is 11.8. The van der Waals surface area contributed by atoms with Gasteiger partial charge < -0.3 is 14.5 Å². The normalized spacial score (nSPS) is 14.6. The van der Waals surface area contributed by atoms with Crippen LogP contribution in [0.2, 0.25) is 13.1 Å². The number of benzene rings is 2. The molecule has 2 N–H and O–H groups in total. The molecule has 1 atom stereocenters. The van der Waals surface area contributed by atoms with Crippen molar-refractivity contribution in [2.45, 2.75) is 58.7 Å². The molecule has 0 saturated carbocycles. The van der Waals surface area contributed by atoms with Crippen LogP contribution in [0, 0.1) is 5.92 Å². The first-order valence-corrected chi connectivity index (χ1v) is 12.8. The first-order chi connectivity index (χ1) is 13.0. The first-order valence-electron chi connectivity index (χ1n) is 10.0. The Morgan fingerprint density at radius 3 is 2.36 bits per heavy atom. The van der Waals surface area contributed by atoms with Gasteiger partial charge in [-0.1, -0.05) is 65.0 Å². The van der Waals surface area contributed by atoms with Crippen LogP contribution in [-0.4, -0.2) is 24.1 Å². The van der Waals surface area contributed by atoms with Gasteiger partial charge in [-0.3, -0.25) is 0 Å². The zero-order valence-corrected chi connectivity index (χ0v) is 19.2. The Morgan fingerprint density at radius 2 is 1.82 bits per heavy atom. The Hall–Kier alpha value is -2.11. The lowest BCUT2D eigenvalue weighted by Crippen LogP contribution is -2.35. The van der Waals surface area contributed by atoms with Crippen LogP contribution in [0.3, 0.4) is 0 Å². The molecule has 1 unspecified atom stereocenters. The van der Waals surface area contributed by atoms with E-state index in [0.29, 0.717) is 5.69 Å². The molecule has 0 aliphatic carbocycles. The number of aromatic nitrogens is 2. The summed E-state index contributed by atoms with van der Waals surface area (Å²) in [5.74, 6) is 0.720. The van der Waals surface area contributed by atoms with Crippen molar-refractivity contribution in [2.75, 3.05) is 0 Å². The van der Waals surface area contributed by atoms with Crippen LogP contribution in [0.4, 0.5) is 0 Å². The van der Waals surface area contributed by atoms with E-state index in [1.54, 1.807) is 12.5 Å². The highest BCUT2D eigenvalue weighted by Crippen LogP contribution is 2.44. The number of aliphatic hydroxyl groups is 1. The molecular formula is C23H32N2O2Si. The average Bonchev–Trinajstić information content (AvgIpc) is 3.14. The number of aromatic amines is 1. The van der Waals surface area contributed by atoms with Gasteiger partial charge in [-0.2, -0.15) is 0 Å². The number of rotatable bonds is 5. The van der Waals surface area contributed by atoms with Crippen LogP contribution < -0.4 is 4.43 Å². The number of H-pyrrole nitrogens is 1. The fourth-order valence-corrected chi connectivity index (χ4v) is 4.37. The van der Waals surface area contributed by atoms with Gasteiger partial charge in [-0.15, -0.1) is 0 Å². The third kappa shape index (κ3) is 3.61. The van der Waals surface area contributed by atoms with Crippen LogP contribution in [-0.2, 0) is 11.0 Å². The number of hydrogen-bond donors (Lipinski definition) is 2. The van der Waals surface area contributed by atoms with Gasteiger partial charge in [0.05, 0.1) is 12.0 Å². The molecule has 28 heavy (non-hydrogen) atoms. The van der Waals surface area contributed by atoms with Crippen LogP contribution in [0.25, 0.3) is 10.8 Å². The van der Waals surface area contributed by atoms with Crippen molar-refractivity contribution >= 4 is 19.8 Å². The van der Waals surface area contributed by atoms with E-state index in [-0.39, 0.29) is 11.3 Å². The monoisotopic (exact) mass is 396 g/mol. The van der Waals surface area contributed by atoms with Gasteiger partial charge in [-0.05, 0) is 35.4 Å². The van der Waals surface area contributed by atoms with Crippen LogP contribution in [0.5, 0.6) is 5.75 Å². The number of hydrogen-bond acceptors (Lipinski definition) is 3. The zero-order valence-electron chi connectivity index (χ0n) is 18.0. The molecule has 3 aromatic rings. The van der Waals surface area contributed by atoms with Crippen LogP contribution >= 0.6 is 0 Å². The summed E-state index contributed by atoms with van der Waals surface area (Å²) in [5.41, 5.74) is 1.53. The molecule has 0 aliphatic rings. The van der Waals surface area contributed by atoms with Gasteiger partial charge in [-0.25, -0.2) is 4.98 Å². The van der Waals surface area contributed by atoms with Gasteiger partial charge in [0.2, 0.25) is 9.04 Å². The Labute approximate surface area is 169 Å². The minimum atomic E-state index is -1.40. The van der Waals surface area contributed by atoms with E-state index in [2.05, 4.69) is 68.1 Å². The van der Waals surface area contributed by atoms with Crippen molar-refractivity contribution in [3.8, 4) is 5.75 Å². The molecule has 0 aliphatic heterocycles. The maximum atomic E-state index is 11.8. The van der Waals surface area contributed by atoms with E-state index in [1.807, 2.05) is 19.9 Å². The van der Waals surface area contributed by atoms with E-state index >= 15 is 0 Å². The molecule has 3 rings (SSSR count). The van der Waals surface area contributed by atoms with Gasteiger partial charge in [0, 0.05) is 17.1 Å². The van der Waals surface area contributed by atoms with E-state index in [0.717, 1.165) is 22.1 Å². The molecule has 5 heteroatoms. The number of imidazole rings is 1. The highest BCUT2D eigenvalue weighted by molar-refractivity contribution is 6.49. The smallest absolute Gasteiger partial charge is 0.229 e. The van der Waals surface area contributed by atoms with Crippen molar-refractivity contribution in [3.63, 3.8) is 0 Å². The molecular weight excluding hydrogens is 364 g/mol. The van der Waals surface area contributed by atoms with Gasteiger partial charge in [0.1, 0.15) is 11.4 Å². The largest absolute Gasteiger partial charge is 0.546 e. The third-order valence-electron chi connectivity index (χ3n) is 5.32. The predicted molar refractivity (Wildman–Crippen MR) is 119 cm³/mol. The second-order valence-corrected chi connectivity index (χ2v) is 11.5. The fraction of sp³-hybridized carbons (Fsp3) is 0.435. The quantitative estimate of drug-likeness (QED) is 0.589. The van der Waals surface area contributed by atoms with Crippen molar-refractivity contribution in [1.82, 2.24) is 9.97 Å². The Morgan fingerprint density at radius 1 is 1.11 bits per heavy atom. The van der Waals surface area contributed by atoms with E-state index in [9.17, 15) is 5.11 Å². The molecule has 0 amide bonds. The summed E-state index contributed by atoms with van der Waals surface area (Å²) in [6.45, 7) is 15.0. The van der Waals surface area contributed by atoms with Crippen molar-refractivity contribution in [1.29, 1.82) is 0 Å². The van der Waals surface area contributed by atoms with Gasteiger partial charge in [0.25, 0.3) is 0 Å². The lowest BCUT2D eigenvalue weighted by Gasteiger charge is -2.34. The molecule has 0 saturated heterocycles. The van der Waals surface area contributed by atoms with E-state index < -0.39 is 14.6 Å². The molecule has 0 spiro atoms. The molecule has 1 aromatic heterocycles. The third-order valence-corrected chi connectivity index (χ3v) is 6.03. The molecule has 4 nitrogen and oxygen atoms in total. The molecule has 0 radical (unpaired) electrons. The van der Waals surface area contributed by atoms with E-state index in [1.165, 1.54) is 5.56 Å². The lowest BCUT2D eigenvalue weighted by atomic mass is 9.79. The minimum Gasteiger partial charge on any atom is -0.546 e. The van der Waals surface area contributed by atoms with Crippen LogP contribution in [0.1, 0.15) is 51.4 Å². The standard InChI is InChI=1S/C23H32N2O2Si/c1-15(2)23(26,20-13-24-14-25-20)19-11-8-16-12-17(22(3,4)5)9-10-18(16)21(19)27-28(6)7/h8-15,26,28H,1-7H3,(H,24,25). The van der Waals surface area contributed by atoms with Crippen molar-refractivity contribution < 1.29 is 9.53 Å². The summed E-state index contributed by atoms with van der Waals surface area (Å²) >= 11 is 0. The van der Waals surface area contributed by atoms with Crippen LogP contribution in [0.15, 0.2) is 42.9 Å². The summed E-state index contributed by atoms with van der Waals surface area (Å²) in [4.78, 5) is 7.36. The lowest BCUT2D eigenvalue weighted by molar-refractivity contribution is 0.0267. The van der Waals surface area contributed by atoms with Crippen molar-refractivity contribution in [3.05, 3.63) is 59.7 Å². The average molecular weight is 397 g/mol. The Balaban J connectivity index is 2.30. The Kier molecular flexibility index (Phi) is 5.43. The molecule has 0 fully saturated rings. The maximum Gasteiger partial charge on any atom is 0.229 e. The summed E-state index contributed by atoms with van der Waals surface area (Å²) in [7, 11) is -1.40. The molecule has 1 heterocycles. The summed E-state index contributed by atoms with van der Waals surface area (Å²) in [6.07, 6.45) is 3.38. The van der Waals surface area contributed by atoms with Gasteiger partial charge >= 0.3 is 0 Å².